The number of fused-ring (bicyclic) bond motifs is 1. The fourth-order valence-corrected chi connectivity index (χ4v) is 3.87. The number of carbonyl (C=O) groups excluding carboxylic acids is 3. The minimum absolute atomic E-state index is 0.137. The molecule has 4 rings (SSSR count). The molecule has 0 radical (unpaired) electrons. The van der Waals surface area contributed by atoms with Gasteiger partial charge in [0, 0.05) is 43.5 Å². The van der Waals surface area contributed by atoms with Crippen LogP contribution in [0.4, 0.5) is 5.69 Å². The van der Waals surface area contributed by atoms with Gasteiger partial charge in [-0.3, -0.25) is 24.5 Å². The highest BCUT2D eigenvalue weighted by molar-refractivity contribution is 6.44. The molecule has 3 aliphatic rings. The van der Waals surface area contributed by atoms with Gasteiger partial charge in [-0.2, -0.15) is 4.73 Å². The Kier molecular flexibility index (Phi) is 5.31. The first-order valence-electron chi connectivity index (χ1n) is 9.83. The molecule has 0 spiro atoms. The topological polar surface area (TPSA) is 139 Å². The lowest BCUT2D eigenvalue weighted by atomic mass is 10.0. The van der Waals surface area contributed by atoms with Gasteiger partial charge in [-0.05, 0) is 19.1 Å². The van der Waals surface area contributed by atoms with Crippen LogP contribution in [-0.2, 0) is 4.79 Å². The number of hydrogen-bond donors (Lipinski definition) is 1. The van der Waals surface area contributed by atoms with Crippen LogP contribution in [0.3, 0.4) is 0 Å². The molecule has 1 aromatic rings. The second kappa shape index (κ2) is 8.10. The van der Waals surface area contributed by atoms with Crippen molar-refractivity contribution in [3.63, 3.8) is 0 Å². The van der Waals surface area contributed by atoms with Crippen LogP contribution < -0.4 is 0 Å². The number of rotatable bonds is 4. The third-order valence-electron chi connectivity index (χ3n) is 5.49. The molecule has 11 heteroatoms. The average molecular weight is 437 g/mol. The monoisotopic (exact) mass is 437 g/mol. The highest BCUT2D eigenvalue weighted by Gasteiger charge is 2.37. The van der Waals surface area contributed by atoms with Crippen LogP contribution in [0.25, 0.3) is 11.4 Å². The average Bonchev–Trinajstić information content (AvgIpc) is 3.24. The highest BCUT2D eigenvalue weighted by Crippen LogP contribution is 2.34. The van der Waals surface area contributed by atoms with Gasteiger partial charge in [0.05, 0.1) is 16.7 Å². The van der Waals surface area contributed by atoms with Crippen molar-refractivity contribution in [2.45, 2.75) is 13.0 Å². The molecular formula is C21H19N5O6. The first-order valence-corrected chi connectivity index (χ1v) is 9.83. The molecule has 32 heavy (non-hydrogen) atoms. The molecule has 0 aliphatic carbocycles. The number of benzene rings is 1. The van der Waals surface area contributed by atoms with Crippen molar-refractivity contribution in [3.05, 3.63) is 70.0 Å². The number of amides is 2. The minimum atomic E-state index is -0.962. The van der Waals surface area contributed by atoms with Crippen molar-refractivity contribution in [3.8, 4) is 11.4 Å². The second-order valence-electron chi connectivity index (χ2n) is 7.47. The molecule has 1 saturated heterocycles. The van der Waals surface area contributed by atoms with Crippen molar-refractivity contribution in [1.29, 1.82) is 0 Å². The number of hydrogen-bond acceptors (Lipinski definition) is 7. The van der Waals surface area contributed by atoms with Gasteiger partial charge in [-0.1, -0.05) is 18.2 Å². The van der Waals surface area contributed by atoms with E-state index in [1.54, 1.807) is 36.1 Å². The van der Waals surface area contributed by atoms with Gasteiger partial charge in [0.25, 0.3) is 23.3 Å². The molecule has 0 aromatic heterocycles. The smallest absolute Gasteiger partial charge is 0.295 e. The maximum Gasteiger partial charge on any atom is 0.295 e. The highest BCUT2D eigenvalue weighted by atomic mass is 16.6. The molecule has 1 fully saturated rings. The van der Waals surface area contributed by atoms with Crippen LogP contribution in [0.5, 0.6) is 0 Å². The molecule has 0 bridgehead atoms. The first kappa shape index (κ1) is 21.0. The molecule has 2 amide bonds. The van der Waals surface area contributed by atoms with Gasteiger partial charge < -0.3 is 15.0 Å². The molecule has 11 nitrogen and oxygen atoms in total. The van der Waals surface area contributed by atoms with Crippen LogP contribution in [0, 0.1) is 10.1 Å². The van der Waals surface area contributed by atoms with E-state index < -0.39 is 28.3 Å². The summed E-state index contributed by atoms with van der Waals surface area (Å²) >= 11 is 0. The van der Waals surface area contributed by atoms with Crippen molar-refractivity contribution < 1.29 is 24.5 Å². The maximum absolute atomic E-state index is 13.0. The maximum atomic E-state index is 13.0. The van der Waals surface area contributed by atoms with Crippen LogP contribution in [0.15, 0.2) is 48.8 Å². The van der Waals surface area contributed by atoms with Gasteiger partial charge in [0.1, 0.15) is 5.56 Å². The fraction of sp³-hybridized carbons (Fsp3) is 0.238. The Morgan fingerprint density at radius 2 is 1.88 bits per heavy atom. The molecule has 1 atom stereocenters. The number of pyridine rings is 1. The SMILES string of the molecule is CC1CN(C(=O)c2ccccc2)CCN1C(=O)C(=O)c1cnc2n(O)ccc([N+](=O)[O-])c1-2. The Labute approximate surface area is 181 Å². The van der Waals surface area contributed by atoms with Gasteiger partial charge >= 0.3 is 0 Å². The van der Waals surface area contributed by atoms with Crippen LogP contribution >= 0.6 is 0 Å². The quantitative estimate of drug-likeness (QED) is 0.215. The zero-order chi connectivity index (χ0) is 23.0. The molecule has 1 N–H and O–H groups in total. The van der Waals surface area contributed by atoms with E-state index in [0.717, 1.165) is 18.5 Å². The summed E-state index contributed by atoms with van der Waals surface area (Å²) in [5, 5.41) is 21.2. The van der Waals surface area contributed by atoms with E-state index in [0.29, 0.717) is 10.3 Å². The summed E-state index contributed by atoms with van der Waals surface area (Å²) < 4.78 is 0.556. The predicted molar refractivity (Wildman–Crippen MR) is 111 cm³/mol. The third-order valence-corrected chi connectivity index (χ3v) is 5.49. The van der Waals surface area contributed by atoms with Crippen LogP contribution in [0.1, 0.15) is 27.6 Å². The van der Waals surface area contributed by atoms with Crippen molar-refractivity contribution in [2.24, 2.45) is 0 Å². The number of ketones is 1. The number of aromatic nitrogens is 2. The van der Waals surface area contributed by atoms with Crippen molar-refractivity contribution in [1.82, 2.24) is 19.5 Å². The zero-order valence-electron chi connectivity index (χ0n) is 17.0. The number of piperazine rings is 1. The Hall–Kier alpha value is -4.28. The van der Waals surface area contributed by atoms with E-state index in [1.165, 1.54) is 4.90 Å². The summed E-state index contributed by atoms with van der Waals surface area (Å²) in [5.74, 6) is -2.16. The predicted octanol–water partition coefficient (Wildman–Crippen LogP) is 1.69. The van der Waals surface area contributed by atoms with Gasteiger partial charge in [-0.25, -0.2) is 4.98 Å². The van der Waals surface area contributed by atoms with Crippen LogP contribution in [0.2, 0.25) is 0 Å². The van der Waals surface area contributed by atoms with Crippen molar-refractivity contribution >= 4 is 23.3 Å². The van der Waals surface area contributed by atoms with E-state index >= 15 is 0 Å². The summed E-state index contributed by atoms with van der Waals surface area (Å²) in [6.07, 6.45) is 2.08. The zero-order valence-corrected chi connectivity index (χ0v) is 17.0. The van der Waals surface area contributed by atoms with E-state index in [2.05, 4.69) is 4.98 Å². The molecular weight excluding hydrogens is 418 g/mol. The largest absolute Gasteiger partial charge is 0.427 e. The lowest BCUT2D eigenvalue weighted by Crippen LogP contribution is -2.56. The lowest BCUT2D eigenvalue weighted by Gasteiger charge is -2.39. The van der Waals surface area contributed by atoms with E-state index in [4.69, 9.17) is 0 Å². The Balaban J connectivity index is 1.54. The molecule has 1 unspecified atom stereocenters. The van der Waals surface area contributed by atoms with Gasteiger partial charge in [0.2, 0.25) is 0 Å². The number of nitro groups is 1. The summed E-state index contributed by atoms with van der Waals surface area (Å²) in [4.78, 5) is 56.1. The van der Waals surface area contributed by atoms with E-state index in [-0.39, 0.29) is 42.5 Å². The molecule has 3 heterocycles. The summed E-state index contributed by atoms with van der Waals surface area (Å²) in [7, 11) is 0. The van der Waals surface area contributed by atoms with E-state index in [1.807, 2.05) is 6.07 Å². The first-order chi connectivity index (χ1) is 15.3. The summed E-state index contributed by atoms with van der Waals surface area (Å²) in [6.45, 7) is 2.34. The molecule has 1 aromatic carbocycles. The lowest BCUT2D eigenvalue weighted by molar-refractivity contribution is -0.384. The summed E-state index contributed by atoms with van der Waals surface area (Å²) in [6, 6.07) is 9.35. The van der Waals surface area contributed by atoms with Gasteiger partial charge in [0.15, 0.2) is 5.82 Å². The van der Waals surface area contributed by atoms with E-state index in [9.17, 15) is 29.7 Å². The Bertz CT molecular complexity index is 1190. The summed E-state index contributed by atoms with van der Waals surface area (Å²) in [5.41, 5.74) is -0.362. The standard InChI is InChI=1S/C21H19N5O6/c1-13-12-23(20(28)14-5-3-2-4-6-14)9-10-24(13)21(29)18(27)15-11-22-19-17(15)16(26(31)32)7-8-25(19)30/h2-8,11,13,30H,9-10,12H2,1H3. The fourth-order valence-electron chi connectivity index (χ4n) is 3.87. The molecule has 0 saturated carbocycles. The Morgan fingerprint density at radius 3 is 2.53 bits per heavy atom. The normalized spacial score (nSPS) is 16.2. The van der Waals surface area contributed by atoms with Crippen LogP contribution in [-0.4, -0.2) is 72.9 Å². The second-order valence-corrected chi connectivity index (χ2v) is 7.47. The molecule has 164 valence electrons. The van der Waals surface area contributed by atoms with Crippen molar-refractivity contribution in [2.75, 3.05) is 19.6 Å². The number of Topliss-reactive ketones (excluding diaryl/α,β-unsaturated/α-hetero) is 1. The molecule has 3 aliphatic heterocycles. The number of nitrogens with zero attached hydrogens (tertiary/aromatic N) is 5. The number of carbonyl (C=O) groups is 3. The minimum Gasteiger partial charge on any atom is -0.427 e. The third kappa shape index (κ3) is 3.53. The van der Waals surface area contributed by atoms with Gasteiger partial charge in [-0.15, -0.1) is 0 Å². The Morgan fingerprint density at radius 1 is 1.16 bits per heavy atom.